The second-order valence-electron chi connectivity index (χ2n) is 11.4. The van der Waals surface area contributed by atoms with Crippen LogP contribution in [0.1, 0.15) is 30.5 Å². The molecule has 0 bridgehead atoms. The smallest absolute Gasteiger partial charge is 0.264 e. The highest BCUT2D eigenvalue weighted by Gasteiger charge is 2.35. The fraction of sp³-hybridized carbons (Fsp3) is 0.257. The first-order chi connectivity index (χ1) is 21.8. The van der Waals surface area contributed by atoms with Crippen LogP contribution in [0.2, 0.25) is 10.0 Å². The predicted octanol–water partition coefficient (Wildman–Crippen LogP) is 7.67. The van der Waals surface area contributed by atoms with Gasteiger partial charge in [0.05, 0.1) is 20.6 Å². The molecule has 7 nitrogen and oxygen atoms in total. The molecule has 1 N–H and O–H groups in total. The number of halogens is 3. The van der Waals surface area contributed by atoms with Crippen molar-refractivity contribution in [1.82, 2.24) is 10.2 Å². The summed E-state index contributed by atoms with van der Waals surface area (Å²) in [5, 5.41) is 3.37. The van der Waals surface area contributed by atoms with Gasteiger partial charge in [0.2, 0.25) is 11.8 Å². The molecule has 0 fully saturated rings. The molecule has 0 aliphatic rings. The lowest BCUT2D eigenvalue weighted by Gasteiger charge is -2.34. The highest BCUT2D eigenvalue weighted by atomic mass is 79.9. The van der Waals surface area contributed by atoms with E-state index in [4.69, 9.17) is 23.2 Å². The Labute approximate surface area is 289 Å². The molecular formula is C35H36BrCl2N3O4S. The Balaban J connectivity index is 1.82. The van der Waals surface area contributed by atoms with Crippen LogP contribution in [0, 0.1) is 12.8 Å². The lowest BCUT2D eigenvalue weighted by Crippen LogP contribution is -2.53. The summed E-state index contributed by atoms with van der Waals surface area (Å²) in [5.74, 6) is -0.717. The maximum Gasteiger partial charge on any atom is 0.264 e. The molecule has 242 valence electrons. The van der Waals surface area contributed by atoms with Crippen LogP contribution in [0.3, 0.4) is 0 Å². The van der Waals surface area contributed by atoms with Gasteiger partial charge in [-0.25, -0.2) is 8.42 Å². The van der Waals surface area contributed by atoms with Gasteiger partial charge in [-0.05, 0) is 66.4 Å². The van der Waals surface area contributed by atoms with Crippen LogP contribution < -0.4 is 9.62 Å². The predicted molar refractivity (Wildman–Crippen MR) is 189 cm³/mol. The van der Waals surface area contributed by atoms with Crippen LogP contribution >= 0.6 is 39.1 Å². The van der Waals surface area contributed by atoms with Crippen LogP contribution in [0.25, 0.3) is 0 Å². The van der Waals surface area contributed by atoms with Crippen molar-refractivity contribution in [3.05, 3.63) is 128 Å². The average Bonchev–Trinajstić information content (AvgIpc) is 3.02. The van der Waals surface area contributed by atoms with Gasteiger partial charge in [-0.3, -0.25) is 13.9 Å². The van der Waals surface area contributed by atoms with E-state index >= 15 is 0 Å². The maximum atomic E-state index is 14.5. The third-order valence-electron chi connectivity index (χ3n) is 7.28. The van der Waals surface area contributed by atoms with E-state index in [9.17, 15) is 18.0 Å². The second-order valence-corrected chi connectivity index (χ2v) is 15.0. The Morgan fingerprint density at radius 2 is 1.52 bits per heavy atom. The monoisotopic (exact) mass is 743 g/mol. The van der Waals surface area contributed by atoms with Crippen LogP contribution in [-0.2, 0) is 32.6 Å². The third kappa shape index (κ3) is 9.35. The second kappa shape index (κ2) is 16.0. The number of benzene rings is 4. The number of aryl methyl sites for hydroxylation is 1. The molecule has 4 aromatic rings. The number of amides is 2. The summed E-state index contributed by atoms with van der Waals surface area (Å²) in [6, 6.07) is 26.7. The van der Waals surface area contributed by atoms with Gasteiger partial charge in [-0.15, -0.1) is 0 Å². The van der Waals surface area contributed by atoms with Gasteiger partial charge in [0.25, 0.3) is 10.0 Å². The number of nitrogens with one attached hydrogen (secondary N) is 1. The molecule has 11 heteroatoms. The van der Waals surface area contributed by atoms with Crippen LogP contribution in [0.15, 0.2) is 106 Å². The molecule has 4 aromatic carbocycles. The molecule has 0 heterocycles. The number of nitrogens with zero attached hydrogens (tertiary/aromatic N) is 2. The Kier molecular flexibility index (Phi) is 12.3. The SMILES string of the molecule is Cc1ccc(S(=O)(=O)N(CC(=O)N(Cc2cccc(Br)c2)[C@@H](Cc2ccccc2)C(=O)NCC(C)C)c2ccc(Cl)c(Cl)c2)cc1. The van der Waals surface area contributed by atoms with Gasteiger partial charge >= 0.3 is 0 Å². The number of hydrogen-bond donors (Lipinski definition) is 1. The van der Waals surface area contributed by atoms with Crippen LogP contribution in [-0.4, -0.2) is 44.3 Å². The fourth-order valence-corrected chi connectivity index (χ4v) is 6.96. The molecule has 0 saturated carbocycles. The lowest BCUT2D eigenvalue weighted by atomic mass is 10.0. The van der Waals surface area contributed by atoms with E-state index < -0.39 is 28.5 Å². The zero-order valence-corrected chi connectivity index (χ0v) is 29.7. The Morgan fingerprint density at radius 1 is 0.848 bits per heavy atom. The summed E-state index contributed by atoms with van der Waals surface area (Å²) in [4.78, 5) is 29.9. The summed E-state index contributed by atoms with van der Waals surface area (Å²) >= 11 is 16.0. The molecule has 1 atom stereocenters. The first-order valence-corrected chi connectivity index (χ1v) is 17.7. The van der Waals surface area contributed by atoms with Gasteiger partial charge in [-0.1, -0.05) is 113 Å². The summed E-state index contributed by atoms with van der Waals surface area (Å²) in [5.41, 5.74) is 2.66. The Hall–Kier alpha value is -3.37. The number of rotatable bonds is 13. The van der Waals surface area contributed by atoms with Gasteiger partial charge in [-0.2, -0.15) is 0 Å². The zero-order valence-electron chi connectivity index (χ0n) is 25.8. The highest BCUT2D eigenvalue weighted by molar-refractivity contribution is 9.10. The zero-order chi connectivity index (χ0) is 33.4. The number of sulfonamides is 1. The summed E-state index contributed by atoms with van der Waals surface area (Å²) in [6.07, 6.45) is 0.224. The van der Waals surface area contributed by atoms with Gasteiger partial charge in [0.1, 0.15) is 12.6 Å². The van der Waals surface area contributed by atoms with Crippen molar-refractivity contribution in [3.63, 3.8) is 0 Å². The van der Waals surface area contributed by atoms with Gasteiger partial charge in [0.15, 0.2) is 0 Å². The summed E-state index contributed by atoms with van der Waals surface area (Å²) in [6.45, 7) is 5.72. The first kappa shape index (κ1) is 35.5. The third-order valence-corrected chi connectivity index (χ3v) is 10.3. The molecule has 0 aliphatic carbocycles. The number of carbonyl (C=O) groups excluding carboxylic acids is 2. The molecule has 0 radical (unpaired) electrons. The lowest BCUT2D eigenvalue weighted by molar-refractivity contribution is -0.140. The maximum absolute atomic E-state index is 14.5. The minimum Gasteiger partial charge on any atom is -0.354 e. The first-order valence-electron chi connectivity index (χ1n) is 14.7. The van der Waals surface area contributed by atoms with Crippen molar-refractivity contribution in [3.8, 4) is 0 Å². The van der Waals surface area contributed by atoms with Crippen molar-refractivity contribution in [2.24, 2.45) is 5.92 Å². The van der Waals surface area contributed by atoms with Crippen molar-refractivity contribution < 1.29 is 18.0 Å². The molecule has 46 heavy (non-hydrogen) atoms. The molecule has 4 rings (SSSR count). The molecule has 2 amide bonds. The van der Waals surface area contributed by atoms with Crippen LogP contribution in [0.4, 0.5) is 5.69 Å². The number of anilines is 1. The normalized spacial score (nSPS) is 12.1. The Bertz CT molecular complexity index is 1770. The number of carbonyl (C=O) groups is 2. The van der Waals surface area contributed by atoms with E-state index in [1.54, 1.807) is 12.1 Å². The molecule has 0 aromatic heterocycles. The van der Waals surface area contributed by atoms with Crippen molar-refractivity contribution in [2.45, 2.75) is 44.7 Å². The minimum atomic E-state index is -4.26. The summed E-state index contributed by atoms with van der Waals surface area (Å²) < 4.78 is 30.2. The van der Waals surface area contributed by atoms with E-state index in [-0.39, 0.29) is 45.4 Å². The van der Waals surface area contributed by atoms with E-state index in [2.05, 4.69) is 21.2 Å². The molecule has 0 unspecified atom stereocenters. The topological polar surface area (TPSA) is 86.8 Å². The van der Waals surface area contributed by atoms with Crippen molar-refractivity contribution in [1.29, 1.82) is 0 Å². The largest absolute Gasteiger partial charge is 0.354 e. The highest BCUT2D eigenvalue weighted by Crippen LogP contribution is 2.31. The Morgan fingerprint density at radius 3 is 2.15 bits per heavy atom. The van der Waals surface area contributed by atoms with E-state index in [0.29, 0.717) is 6.54 Å². The molecule has 0 spiro atoms. The summed E-state index contributed by atoms with van der Waals surface area (Å²) in [7, 11) is -4.26. The fourth-order valence-electron chi connectivity index (χ4n) is 4.81. The van der Waals surface area contributed by atoms with E-state index in [0.717, 1.165) is 25.5 Å². The van der Waals surface area contributed by atoms with E-state index in [1.165, 1.54) is 35.2 Å². The van der Waals surface area contributed by atoms with E-state index in [1.807, 2.05) is 75.4 Å². The quantitative estimate of drug-likeness (QED) is 0.152. The van der Waals surface area contributed by atoms with Crippen molar-refractivity contribution in [2.75, 3.05) is 17.4 Å². The van der Waals surface area contributed by atoms with Gasteiger partial charge < -0.3 is 10.2 Å². The average molecular weight is 746 g/mol. The van der Waals surface area contributed by atoms with Gasteiger partial charge in [0, 0.05) is 24.0 Å². The minimum absolute atomic E-state index is 0.00558. The number of hydrogen-bond acceptors (Lipinski definition) is 4. The molecule has 0 aliphatic heterocycles. The molecular weight excluding hydrogens is 709 g/mol. The standard InChI is InChI=1S/C35H36BrCl2N3O4S/c1-24(2)21-39-35(43)33(19-26-8-5-4-6-9-26)40(22-27-10-7-11-28(36)18-27)34(42)23-41(29-14-17-31(37)32(38)20-29)46(44,45)30-15-12-25(3)13-16-30/h4-18,20,24,33H,19,21-23H2,1-3H3,(H,39,43)/t33-/m0/s1. The van der Waals surface area contributed by atoms with Crippen molar-refractivity contribution >= 4 is 66.7 Å². The molecule has 0 saturated heterocycles. The van der Waals surface area contributed by atoms with Crippen LogP contribution in [0.5, 0.6) is 0 Å².